The molecule has 2 aliphatic rings. The highest BCUT2D eigenvalue weighted by molar-refractivity contribution is 5.66. The summed E-state index contributed by atoms with van der Waals surface area (Å²) in [6, 6.07) is 0. The van der Waals surface area contributed by atoms with Gasteiger partial charge in [-0.05, 0) is 0 Å². The molecule has 0 aromatic heterocycles. The first-order valence-corrected chi connectivity index (χ1v) is 4.34. The molecular formula is C8H10N2O5. The zero-order chi connectivity index (χ0) is 11.0. The van der Waals surface area contributed by atoms with Gasteiger partial charge in [-0.3, -0.25) is 0 Å². The summed E-state index contributed by atoms with van der Waals surface area (Å²) < 4.78 is 14.9. The molecule has 0 aliphatic carbocycles. The van der Waals surface area contributed by atoms with Gasteiger partial charge < -0.3 is 25.7 Å². The maximum Gasteiger partial charge on any atom is 0.405 e. The van der Waals surface area contributed by atoms with Crippen LogP contribution in [-0.2, 0) is 14.2 Å². The summed E-state index contributed by atoms with van der Waals surface area (Å²) in [5.41, 5.74) is 9.77. The van der Waals surface area contributed by atoms with E-state index in [-0.39, 0.29) is 0 Å². The standard InChI is InChI=1S/C8H10N2O5/c9-7(11)14-5-3-1-2-4(13-3)6(5)15-8(10)12/h1-6H,(H2,9,11)(H2,10,12). The van der Waals surface area contributed by atoms with Crippen molar-refractivity contribution in [3.63, 3.8) is 0 Å². The van der Waals surface area contributed by atoms with E-state index >= 15 is 0 Å². The summed E-state index contributed by atoms with van der Waals surface area (Å²) >= 11 is 0. The fourth-order valence-corrected chi connectivity index (χ4v) is 1.78. The Morgan fingerprint density at radius 1 is 1.00 bits per heavy atom. The number of carbonyl (C=O) groups is 2. The van der Waals surface area contributed by atoms with E-state index in [0.29, 0.717) is 0 Å². The first-order chi connectivity index (χ1) is 7.08. The maximum atomic E-state index is 10.6. The average molecular weight is 214 g/mol. The van der Waals surface area contributed by atoms with Crippen molar-refractivity contribution in [1.29, 1.82) is 0 Å². The zero-order valence-corrected chi connectivity index (χ0v) is 7.66. The van der Waals surface area contributed by atoms with Gasteiger partial charge in [-0.2, -0.15) is 0 Å². The SMILES string of the molecule is NC(=O)OC1C2C=CC(O2)C1OC(N)=O. The molecule has 0 spiro atoms. The predicted octanol–water partition coefficient (Wildman–Crippen LogP) is -0.749. The molecule has 1 fully saturated rings. The highest BCUT2D eigenvalue weighted by Crippen LogP contribution is 2.33. The second-order valence-corrected chi connectivity index (χ2v) is 3.25. The number of rotatable bonds is 2. The van der Waals surface area contributed by atoms with Crippen molar-refractivity contribution in [2.24, 2.45) is 11.5 Å². The molecule has 4 N–H and O–H groups in total. The van der Waals surface area contributed by atoms with Crippen molar-refractivity contribution < 1.29 is 23.8 Å². The van der Waals surface area contributed by atoms with Crippen LogP contribution in [0.5, 0.6) is 0 Å². The molecule has 0 aromatic carbocycles. The first kappa shape index (κ1) is 9.78. The lowest BCUT2D eigenvalue weighted by atomic mass is 10.0. The van der Waals surface area contributed by atoms with Gasteiger partial charge in [-0.15, -0.1) is 0 Å². The van der Waals surface area contributed by atoms with Crippen LogP contribution in [0.3, 0.4) is 0 Å². The molecule has 2 aliphatic heterocycles. The molecule has 0 aromatic rings. The van der Waals surface area contributed by atoms with Crippen molar-refractivity contribution in [2.45, 2.75) is 24.4 Å². The quantitative estimate of drug-likeness (QED) is 0.587. The molecule has 7 nitrogen and oxygen atoms in total. The molecule has 0 saturated carbocycles. The van der Waals surface area contributed by atoms with E-state index in [1.165, 1.54) is 0 Å². The lowest BCUT2D eigenvalue weighted by molar-refractivity contribution is 0.00855. The van der Waals surface area contributed by atoms with Crippen LogP contribution in [0.25, 0.3) is 0 Å². The normalized spacial score (nSPS) is 36.5. The van der Waals surface area contributed by atoms with Crippen LogP contribution in [0.15, 0.2) is 12.2 Å². The summed E-state index contributed by atoms with van der Waals surface area (Å²) in [7, 11) is 0. The van der Waals surface area contributed by atoms with E-state index in [4.69, 9.17) is 25.7 Å². The number of hydrogen-bond donors (Lipinski definition) is 2. The Kier molecular flexibility index (Phi) is 2.24. The van der Waals surface area contributed by atoms with Crippen LogP contribution in [0, 0.1) is 0 Å². The summed E-state index contributed by atoms with van der Waals surface area (Å²) in [6.45, 7) is 0. The number of amides is 2. The zero-order valence-electron chi connectivity index (χ0n) is 7.66. The highest BCUT2D eigenvalue weighted by Gasteiger charge is 2.50. The van der Waals surface area contributed by atoms with E-state index in [2.05, 4.69) is 0 Å². The number of ether oxygens (including phenoxy) is 3. The molecule has 4 atom stereocenters. The molecule has 82 valence electrons. The van der Waals surface area contributed by atoms with Gasteiger partial charge in [0.05, 0.1) is 0 Å². The van der Waals surface area contributed by atoms with Gasteiger partial charge in [0.1, 0.15) is 12.2 Å². The lowest BCUT2D eigenvalue weighted by Gasteiger charge is -2.23. The van der Waals surface area contributed by atoms with Crippen LogP contribution in [-0.4, -0.2) is 36.6 Å². The molecule has 2 amide bonds. The van der Waals surface area contributed by atoms with E-state index in [9.17, 15) is 9.59 Å². The monoisotopic (exact) mass is 214 g/mol. The minimum absolute atomic E-state index is 0.424. The molecule has 2 heterocycles. The lowest BCUT2D eigenvalue weighted by Crippen LogP contribution is -2.43. The van der Waals surface area contributed by atoms with Gasteiger partial charge in [0, 0.05) is 0 Å². The van der Waals surface area contributed by atoms with Crippen LogP contribution in [0.1, 0.15) is 0 Å². The summed E-state index contributed by atoms with van der Waals surface area (Å²) in [5, 5.41) is 0. The third-order valence-electron chi connectivity index (χ3n) is 2.28. The summed E-state index contributed by atoms with van der Waals surface area (Å²) in [5.74, 6) is 0. The van der Waals surface area contributed by atoms with E-state index in [1.807, 2.05) is 0 Å². The first-order valence-electron chi connectivity index (χ1n) is 4.34. The number of fused-ring (bicyclic) bond motifs is 2. The largest absolute Gasteiger partial charge is 0.439 e. The average Bonchev–Trinajstić information content (AvgIpc) is 2.67. The number of primary amides is 2. The molecule has 0 radical (unpaired) electrons. The topological polar surface area (TPSA) is 114 Å². The maximum absolute atomic E-state index is 10.6. The third-order valence-corrected chi connectivity index (χ3v) is 2.28. The highest BCUT2D eigenvalue weighted by atomic mass is 16.6. The molecule has 2 bridgehead atoms. The Labute approximate surface area is 84.9 Å². The molecule has 1 saturated heterocycles. The molecule has 2 rings (SSSR count). The number of hydrogen-bond acceptors (Lipinski definition) is 5. The second-order valence-electron chi connectivity index (χ2n) is 3.25. The Morgan fingerprint density at radius 3 is 1.73 bits per heavy atom. The molecule has 7 heteroatoms. The minimum atomic E-state index is -0.942. The molecule has 15 heavy (non-hydrogen) atoms. The number of carbonyl (C=O) groups excluding carboxylic acids is 2. The van der Waals surface area contributed by atoms with E-state index < -0.39 is 36.6 Å². The number of nitrogens with two attached hydrogens (primary N) is 2. The van der Waals surface area contributed by atoms with Crippen LogP contribution in [0.4, 0.5) is 9.59 Å². The van der Waals surface area contributed by atoms with Crippen LogP contribution >= 0.6 is 0 Å². The predicted molar refractivity (Wildman–Crippen MR) is 46.7 cm³/mol. The van der Waals surface area contributed by atoms with Crippen molar-refractivity contribution in [1.82, 2.24) is 0 Å². The van der Waals surface area contributed by atoms with E-state index in [0.717, 1.165) is 0 Å². The van der Waals surface area contributed by atoms with Gasteiger partial charge in [-0.25, -0.2) is 9.59 Å². The molecular weight excluding hydrogens is 204 g/mol. The van der Waals surface area contributed by atoms with Crippen molar-refractivity contribution in [3.05, 3.63) is 12.2 Å². The fourth-order valence-electron chi connectivity index (χ4n) is 1.78. The Hall–Kier alpha value is -1.76. The van der Waals surface area contributed by atoms with Gasteiger partial charge in [0.15, 0.2) is 12.2 Å². The Morgan fingerprint density at radius 2 is 1.40 bits per heavy atom. The summed E-state index contributed by atoms with van der Waals surface area (Å²) in [4.78, 5) is 21.2. The molecule has 4 unspecified atom stereocenters. The second kappa shape index (κ2) is 3.43. The van der Waals surface area contributed by atoms with Gasteiger partial charge in [-0.1, -0.05) is 12.2 Å². The Balaban J connectivity index is 2.09. The third kappa shape index (κ3) is 1.73. The van der Waals surface area contributed by atoms with Crippen LogP contribution < -0.4 is 11.5 Å². The van der Waals surface area contributed by atoms with Crippen molar-refractivity contribution >= 4 is 12.2 Å². The fraction of sp³-hybridized carbons (Fsp3) is 0.500. The minimum Gasteiger partial charge on any atom is -0.439 e. The smallest absolute Gasteiger partial charge is 0.405 e. The van der Waals surface area contributed by atoms with Gasteiger partial charge in [0.2, 0.25) is 0 Å². The van der Waals surface area contributed by atoms with E-state index in [1.54, 1.807) is 12.2 Å². The van der Waals surface area contributed by atoms with Crippen LogP contribution in [0.2, 0.25) is 0 Å². The van der Waals surface area contributed by atoms with Gasteiger partial charge >= 0.3 is 12.2 Å². The van der Waals surface area contributed by atoms with Crippen molar-refractivity contribution in [2.75, 3.05) is 0 Å². The summed E-state index contributed by atoms with van der Waals surface area (Å²) in [6.07, 6.45) is -0.725. The Bertz CT molecular complexity index is 299. The van der Waals surface area contributed by atoms with Gasteiger partial charge in [0.25, 0.3) is 0 Å². The van der Waals surface area contributed by atoms with Crippen molar-refractivity contribution in [3.8, 4) is 0 Å².